The molecule has 1 fully saturated rings. The molecule has 34 heavy (non-hydrogen) atoms. The van der Waals surface area contributed by atoms with Crippen LogP contribution in [0.4, 0.5) is 5.69 Å². The van der Waals surface area contributed by atoms with Crippen LogP contribution in [-0.4, -0.2) is 54.8 Å². The van der Waals surface area contributed by atoms with Crippen LogP contribution in [0.15, 0.2) is 48.5 Å². The summed E-state index contributed by atoms with van der Waals surface area (Å²) in [5, 5.41) is 3.05. The van der Waals surface area contributed by atoms with Crippen molar-refractivity contribution in [2.45, 2.75) is 51.7 Å². The van der Waals surface area contributed by atoms with Crippen molar-refractivity contribution in [2.24, 2.45) is 0 Å². The maximum absolute atomic E-state index is 13.0. The van der Waals surface area contributed by atoms with Crippen molar-refractivity contribution in [2.75, 3.05) is 31.1 Å². The van der Waals surface area contributed by atoms with E-state index in [1.165, 1.54) is 10.5 Å². The normalized spacial score (nSPS) is 18.8. The van der Waals surface area contributed by atoms with E-state index in [4.69, 9.17) is 4.74 Å². The Labute approximate surface area is 201 Å². The molecule has 1 N–H and O–H groups in total. The first-order chi connectivity index (χ1) is 16.5. The van der Waals surface area contributed by atoms with Crippen molar-refractivity contribution in [1.29, 1.82) is 0 Å². The van der Waals surface area contributed by atoms with Crippen molar-refractivity contribution >= 4 is 23.3 Å². The number of likely N-dealkylation sites (tertiary alicyclic amines) is 1. The maximum Gasteiger partial charge on any atom is 0.268 e. The lowest BCUT2D eigenvalue weighted by atomic mass is 10.0. The Morgan fingerprint density at radius 3 is 2.56 bits per heavy atom. The summed E-state index contributed by atoms with van der Waals surface area (Å²) in [6.45, 7) is 6.00. The van der Waals surface area contributed by atoms with Gasteiger partial charge in [-0.25, -0.2) is 0 Å². The van der Waals surface area contributed by atoms with Crippen LogP contribution in [0.1, 0.15) is 61.5 Å². The zero-order chi connectivity index (χ0) is 24.1. The Bertz CT molecular complexity index is 1030. The standard InChI is InChI=1S/C27H33N3O4/c1-3-9-24(31)21-12-13-25-22(16-21)30(27(33)19(2)34-25)18-26(32)28-17-23(29-14-7-8-15-29)20-10-5-4-6-11-20/h4-6,10-13,16,19,23H,3,7-9,14-15,17-18H2,1-2H3,(H,28,32). The molecule has 7 nitrogen and oxygen atoms in total. The van der Waals surface area contributed by atoms with Gasteiger partial charge in [-0.3, -0.25) is 24.2 Å². The van der Waals surface area contributed by atoms with Crippen LogP contribution in [0, 0.1) is 0 Å². The molecule has 2 aliphatic heterocycles. The summed E-state index contributed by atoms with van der Waals surface area (Å²) < 4.78 is 5.73. The summed E-state index contributed by atoms with van der Waals surface area (Å²) in [5.41, 5.74) is 2.17. The van der Waals surface area contributed by atoms with Crippen LogP contribution < -0.4 is 15.0 Å². The van der Waals surface area contributed by atoms with Crippen LogP contribution in [0.25, 0.3) is 0 Å². The van der Waals surface area contributed by atoms with Gasteiger partial charge in [-0.1, -0.05) is 37.3 Å². The summed E-state index contributed by atoms with van der Waals surface area (Å²) in [7, 11) is 0. The molecule has 0 radical (unpaired) electrons. The highest BCUT2D eigenvalue weighted by Crippen LogP contribution is 2.35. The van der Waals surface area contributed by atoms with E-state index in [9.17, 15) is 14.4 Å². The van der Waals surface area contributed by atoms with Gasteiger partial charge in [0.05, 0.1) is 11.7 Å². The molecule has 180 valence electrons. The lowest BCUT2D eigenvalue weighted by Gasteiger charge is -2.33. The first-order valence-electron chi connectivity index (χ1n) is 12.2. The van der Waals surface area contributed by atoms with Gasteiger partial charge in [-0.15, -0.1) is 0 Å². The minimum atomic E-state index is -0.695. The highest BCUT2D eigenvalue weighted by atomic mass is 16.5. The molecule has 7 heteroatoms. The number of nitrogens with one attached hydrogen (secondary N) is 1. The molecule has 0 bridgehead atoms. The Hall–Kier alpha value is -3.19. The number of fused-ring (bicyclic) bond motifs is 1. The second-order valence-electron chi connectivity index (χ2n) is 9.01. The van der Waals surface area contributed by atoms with Crippen molar-refractivity contribution < 1.29 is 19.1 Å². The molecule has 2 unspecified atom stereocenters. The van der Waals surface area contributed by atoms with E-state index >= 15 is 0 Å². The lowest BCUT2D eigenvalue weighted by molar-refractivity contribution is -0.128. The van der Waals surface area contributed by atoms with Gasteiger partial charge in [0.2, 0.25) is 5.91 Å². The Morgan fingerprint density at radius 2 is 1.85 bits per heavy atom. The number of Topliss-reactive ketones (excluding diaryl/α,β-unsaturated/α-hetero) is 1. The van der Waals surface area contributed by atoms with Crippen LogP contribution >= 0.6 is 0 Å². The number of rotatable bonds is 9. The second-order valence-corrected chi connectivity index (χ2v) is 9.01. The molecular weight excluding hydrogens is 430 g/mol. The number of nitrogens with zero attached hydrogens (tertiary/aromatic N) is 2. The zero-order valence-electron chi connectivity index (χ0n) is 20.0. The third-order valence-electron chi connectivity index (χ3n) is 6.53. The summed E-state index contributed by atoms with van der Waals surface area (Å²) in [4.78, 5) is 42.2. The molecule has 0 spiro atoms. The fraction of sp³-hybridized carbons (Fsp3) is 0.444. The van der Waals surface area contributed by atoms with Gasteiger partial charge >= 0.3 is 0 Å². The molecule has 4 rings (SSSR count). The molecule has 2 aromatic carbocycles. The van der Waals surface area contributed by atoms with Crippen LogP contribution in [0.2, 0.25) is 0 Å². The number of hydrogen-bond acceptors (Lipinski definition) is 5. The first kappa shape index (κ1) is 24.0. The summed E-state index contributed by atoms with van der Waals surface area (Å²) in [6, 6.07) is 15.4. The van der Waals surface area contributed by atoms with E-state index in [1.807, 2.05) is 25.1 Å². The van der Waals surface area contributed by atoms with Gasteiger partial charge in [0.15, 0.2) is 11.9 Å². The van der Waals surface area contributed by atoms with E-state index < -0.39 is 6.10 Å². The highest BCUT2D eigenvalue weighted by molar-refractivity contribution is 6.05. The quantitative estimate of drug-likeness (QED) is 0.573. The number of ketones is 1. The molecule has 2 atom stereocenters. The zero-order valence-corrected chi connectivity index (χ0v) is 20.0. The number of anilines is 1. The molecule has 2 aliphatic rings. The number of carbonyl (C=O) groups excluding carboxylic acids is 3. The van der Waals surface area contributed by atoms with Crippen LogP contribution in [0.5, 0.6) is 5.75 Å². The molecule has 2 aromatic rings. The number of benzene rings is 2. The van der Waals surface area contributed by atoms with E-state index in [0.717, 1.165) is 32.4 Å². The predicted molar refractivity (Wildman–Crippen MR) is 131 cm³/mol. The van der Waals surface area contributed by atoms with E-state index in [-0.39, 0.29) is 30.2 Å². The fourth-order valence-electron chi connectivity index (χ4n) is 4.71. The summed E-state index contributed by atoms with van der Waals surface area (Å²) >= 11 is 0. The van der Waals surface area contributed by atoms with Crippen molar-refractivity contribution in [1.82, 2.24) is 10.2 Å². The number of ether oxygens (including phenoxy) is 1. The van der Waals surface area contributed by atoms with E-state index in [0.29, 0.717) is 30.0 Å². The smallest absolute Gasteiger partial charge is 0.268 e. The lowest BCUT2D eigenvalue weighted by Crippen LogP contribution is -2.49. The molecule has 0 aliphatic carbocycles. The molecule has 2 heterocycles. The second kappa shape index (κ2) is 10.8. The summed E-state index contributed by atoms with van der Waals surface area (Å²) in [6.07, 6.45) is 2.80. The van der Waals surface area contributed by atoms with Crippen LogP contribution in [0.3, 0.4) is 0 Å². The number of amides is 2. The fourth-order valence-corrected chi connectivity index (χ4v) is 4.71. The number of carbonyl (C=O) groups is 3. The van der Waals surface area contributed by atoms with Gasteiger partial charge in [0.1, 0.15) is 12.3 Å². The van der Waals surface area contributed by atoms with Gasteiger partial charge in [-0.2, -0.15) is 0 Å². The first-order valence-corrected chi connectivity index (χ1v) is 12.2. The van der Waals surface area contributed by atoms with Crippen LogP contribution in [-0.2, 0) is 9.59 Å². The molecule has 2 amide bonds. The largest absolute Gasteiger partial charge is 0.479 e. The topological polar surface area (TPSA) is 79.0 Å². The van der Waals surface area contributed by atoms with E-state index in [2.05, 4.69) is 22.3 Å². The van der Waals surface area contributed by atoms with Gasteiger partial charge in [-0.05, 0) is 63.0 Å². The Kier molecular flexibility index (Phi) is 7.63. The molecule has 0 aromatic heterocycles. The van der Waals surface area contributed by atoms with Gasteiger partial charge in [0, 0.05) is 18.5 Å². The summed E-state index contributed by atoms with van der Waals surface area (Å²) in [5.74, 6) is -0.00928. The average molecular weight is 464 g/mol. The number of hydrogen-bond donors (Lipinski definition) is 1. The molecular formula is C27H33N3O4. The predicted octanol–water partition coefficient (Wildman–Crippen LogP) is 3.74. The maximum atomic E-state index is 13.0. The average Bonchev–Trinajstić information content (AvgIpc) is 3.37. The van der Waals surface area contributed by atoms with E-state index in [1.54, 1.807) is 25.1 Å². The minimum absolute atomic E-state index is 0.0112. The van der Waals surface area contributed by atoms with Crippen molar-refractivity contribution in [3.8, 4) is 5.75 Å². The van der Waals surface area contributed by atoms with Crippen molar-refractivity contribution in [3.05, 3.63) is 59.7 Å². The Balaban J connectivity index is 1.49. The third kappa shape index (κ3) is 5.30. The third-order valence-corrected chi connectivity index (χ3v) is 6.53. The van der Waals surface area contributed by atoms with Crippen molar-refractivity contribution in [3.63, 3.8) is 0 Å². The SMILES string of the molecule is CCCC(=O)c1ccc2c(c1)N(CC(=O)NCC(c1ccccc1)N1CCCC1)C(=O)C(C)O2. The van der Waals surface area contributed by atoms with Gasteiger partial charge < -0.3 is 10.1 Å². The highest BCUT2D eigenvalue weighted by Gasteiger charge is 2.33. The minimum Gasteiger partial charge on any atom is -0.479 e. The Morgan fingerprint density at radius 1 is 1.12 bits per heavy atom. The monoisotopic (exact) mass is 463 g/mol. The molecule has 1 saturated heterocycles. The molecule has 0 saturated carbocycles. The van der Waals surface area contributed by atoms with Gasteiger partial charge in [0.25, 0.3) is 5.91 Å².